The van der Waals surface area contributed by atoms with Crippen LogP contribution in [0.15, 0.2) is 24.3 Å². The maximum atomic E-state index is 12.2. The first kappa shape index (κ1) is 15.4. The van der Waals surface area contributed by atoms with Gasteiger partial charge < -0.3 is 5.32 Å². The van der Waals surface area contributed by atoms with Crippen molar-refractivity contribution in [3.8, 4) is 0 Å². The van der Waals surface area contributed by atoms with Crippen molar-refractivity contribution in [2.75, 3.05) is 12.8 Å². The normalized spacial score (nSPS) is 16.2. The third kappa shape index (κ3) is 4.91. The second-order valence-electron chi connectivity index (χ2n) is 5.02. The standard InChI is InChI=1S/C15H25NOS/c1-5-13(3)15(16-4)11-18(17)10-14-8-6-7-12(2)9-14/h6-9,13,15-16H,5,10-11H2,1-4H3. The number of benzene rings is 1. The number of hydrogen-bond acceptors (Lipinski definition) is 2. The molecule has 0 aromatic heterocycles. The quantitative estimate of drug-likeness (QED) is 0.823. The van der Waals surface area contributed by atoms with Crippen LogP contribution < -0.4 is 5.32 Å². The molecule has 0 aliphatic rings. The molecule has 3 atom stereocenters. The molecule has 2 nitrogen and oxygen atoms in total. The maximum Gasteiger partial charge on any atom is 0.0486 e. The van der Waals surface area contributed by atoms with E-state index >= 15 is 0 Å². The molecule has 1 N–H and O–H groups in total. The van der Waals surface area contributed by atoms with Gasteiger partial charge in [-0.2, -0.15) is 0 Å². The number of rotatable bonds is 7. The van der Waals surface area contributed by atoms with E-state index in [-0.39, 0.29) is 0 Å². The minimum atomic E-state index is -0.794. The number of nitrogens with one attached hydrogen (secondary N) is 1. The van der Waals surface area contributed by atoms with Crippen LogP contribution in [0, 0.1) is 12.8 Å². The molecule has 1 rings (SSSR count). The smallest absolute Gasteiger partial charge is 0.0486 e. The van der Waals surface area contributed by atoms with Crippen molar-refractivity contribution < 1.29 is 4.21 Å². The summed E-state index contributed by atoms with van der Waals surface area (Å²) in [5.74, 6) is 1.96. The largest absolute Gasteiger partial charge is 0.316 e. The van der Waals surface area contributed by atoms with E-state index in [1.807, 2.05) is 13.1 Å². The Morgan fingerprint density at radius 3 is 2.67 bits per heavy atom. The first-order valence-electron chi connectivity index (χ1n) is 6.64. The molecule has 0 saturated carbocycles. The lowest BCUT2D eigenvalue weighted by Gasteiger charge is -2.21. The van der Waals surface area contributed by atoms with Crippen molar-refractivity contribution in [1.29, 1.82) is 0 Å². The molecule has 102 valence electrons. The predicted octanol–water partition coefficient (Wildman–Crippen LogP) is 2.88. The minimum absolute atomic E-state index is 0.348. The monoisotopic (exact) mass is 267 g/mol. The van der Waals surface area contributed by atoms with Crippen LogP contribution in [0.25, 0.3) is 0 Å². The molecule has 0 amide bonds. The van der Waals surface area contributed by atoms with Crippen molar-refractivity contribution >= 4 is 10.8 Å². The van der Waals surface area contributed by atoms with Crippen LogP contribution >= 0.6 is 0 Å². The Labute approximate surface area is 114 Å². The highest BCUT2D eigenvalue weighted by molar-refractivity contribution is 7.84. The van der Waals surface area contributed by atoms with E-state index in [0.717, 1.165) is 12.2 Å². The van der Waals surface area contributed by atoms with Gasteiger partial charge in [-0.15, -0.1) is 0 Å². The number of hydrogen-bond donors (Lipinski definition) is 1. The van der Waals surface area contributed by atoms with Crippen LogP contribution in [-0.4, -0.2) is 23.1 Å². The predicted molar refractivity (Wildman–Crippen MR) is 80.2 cm³/mol. The van der Waals surface area contributed by atoms with Crippen LogP contribution in [0.2, 0.25) is 0 Å². The Balaban J connectivity index is 2.55. The summed E-state index contributed by atoms with van der Waals surface area (Å²) >= 11 is 0. The van der Waals surface area contributed by atoms with E-state index in [2.05, 4.69) is 44.3 Å². The van der Waals surface area contributed by atoms with E-state index in [0.29, 0.717) is 17.7 Å². The molecule has 1 aromatic carbocycles. The van der Waals surface area contributed by atoms with Crippen LogP contribution in [-0.2, 0) is 16.6 Å². The molecule has 0 aliphatic carbocycles. The highest BCUT2D eigenvalue weighted by Gasteiger charge is 2.16. The van der Waals surface area contributed by atoms with E-state index in [4.69, 9.17) is 0 Å². The first-order valence-corrected chi connectivity index (χ1v) is 8.13. The summed E-state index contributed by atoms with van der Waals surface area (Å²) in [7, 11) is 1.17. The molecule has 0 aliphatic heterocycles. The summed E-state index contributed by atoms with van der Waals surface area (Å²) in [5, 5.41) is 3.29. The molecule has 0 saturated heterocycles. The van der Waals surface area contributed by atoms with Crippen molar-refractivity contribution in [3.63, 3.8) is 0 Å². The Morgan fingerprint density at radius 1 is 1.39 bits per heavy atom. The van der Waals surface area contributed by atoms with Crippen LogP contribution in [0.1, 0.15) is 31.4 Å². The zero-order chi connectivity index (χ0) is 13.5. The molecule has 1 aromatic rings. The third-order valence-electron chi connectivity index (χ3n) is 3.48. The van der Waals surface area contributed by atoms with Gasteiger partial charge in [0, 0.05) is 28.3 Å². The van der Waals surface area contributed by atoms with Crippen LogP contribution in [0.5, 0.6) is 0 Å². The third-order valence-corrected chi connectivity index (χ3v) is 4.86. The van der Waals surface area contributed by atoms with E-state index in [1.165, 1.54) is 11.1 Å². The molecule has 0 fully saturated rings. The van der Waals surface area contributed by atoms with Gasteiger partial charge in [-0.3, -0.25) is 4.21 Å². The van der Waals surface area contributed by atoms with E-state index < -0.39 is 10.8 Å². The highest BCUT2D eigenvalue weighted by Crippen LogP contribution is 2.12. The van der Waals surface area contributed by atoms with Gasteiger partial charge in [-0.1, -0.05) is 50.1 Å². The fourth-order valence-electron chi connectivity index (χ4n) is 2.06. The average molecular weight is 267 g/mol. The molecule has 18 heavy (non-hydrogen) atoms. The highest BCUT2D eigenvalue weighted by atomic mass is 32.2. The topological polar surface area (TPSA) is 29.1 Å². The van der Waals surface area contributed by atoms with Crippen molar-refractivity contribution in [3.05, 3.63) is 35.4 Å². The Hall–Kier alpha value is -0.670. The summed E-state index contributed by atoms with van der Waals surface area (Å²) in [4.78, 5) is 0. The molecule has 0 heterocycles. The minimum Gasteiger partial charge on any atom is -0.316 e. The van der Waals surface area contributed by atoms with Gasteiger partial charge in [0.15, 0.2) is 0 Å². The fourth-order valence-corrected chi connectivity index (χ4v) is 3.63. The second-order valence-corrected chi connectivity index (χ2v) is 6.52. The van der Waals surface area contributed by atoms with Gasteiger partial charge in [0.1, 0.15) is 0 Å². The van der Waals surface area contributed by atoms with Crippen molar-refractivity contribution in [1.82, 2.24) is 5.32 Å². The molecular weight excluding hydrogens is 242 g/mol. The van der Waals surface area contributed by atoms with Gasteiger partial charge in [-0.25, -0.2) is 0 Å². The first-order chi connectivity index (χ1) is 8.56. The molecular formula is C15H25NOS. The lowest BCUT2D eigenvalue weighted by molar-refractivity contribution is 0.418. The van der Waals surface area contributed by atoms with Gasteiger partial charge in [-0.05, 0) is 25.5 Å². The van der Waals surface area contributed by atoms with Gasteiger partial charge >= 0.3 is 0 Å². The van der Waals surface area contributed by atoms with Crippen molar-refractivity contribution in [2.45, 2.75) is 39.0 Å². The molecule has 0 spiro atoms. The summed E-state index contributed by atoms with van der Waals surface area (Å²) in [6.45, 7) is 6.46. The van der Waals surface area contributed by atoms with Gasteiger partial charge in [0.05, 0.1) is 0 Å². The summed E-state index contributed by atoms with van der Waals surface area (Å²) in [6.07, 6.45) is 1.12. The Morgan fingerprint density at radius 2 is 2.11 bits per heavy atom. The van der Waals surface area contributed by atoms with E-state index in [1.54, 1.807) is 0 Å². The van der Waals surface area contributed by atoms with Gasteiger partial charge in [0.25, 0.3) is 0 Å². The zero-order valence-electron chi connectivity index (χ0n) is 11.9. The van der Waals surface area contributed by atoms with Gasteiger partial charge in [0.2, 0.25) is 0 Å². The summed E-state index contributed by atoms with van der Waals surface area (Å²) in [6, 6.07) is 8.63. The maximum absolute atomic E-state index is 12.2. The lowest BCUT2D eigenvalue weighted by Crippen LogP contribution is -2.37. The average Bonchev–Trinajstić information content (AvgIpc) is 2.35. The summed E-state index contributed by atoms with van der Waals surface area (Å²) < 4.78 is 12.2. The molecule has 0 bridgehead atoms. The van der Waals surface area contributed by atoms with Crippen LogP contribution in [0.3, 0.4) is 0 Å². The van der Waals surface area contributed by atoms with E-state index in [9.17, 15) is 4.21 Å². The second kappa shape index (κ2) is 7.70. The molecule has 3 unspecified atom stereocenters. The Kier molecular flexibility index (Phi) is 6.58. The fraction of sp³-hybridized carbons (Fsp3) is 0.600. The molecule has 0 radical (unpaired) electrons. The molecule has 3 heteroatoms. The summed E-state index contributed by atoms with van der Waals surface area (Å²) in [5.41, 5.74) is 2.41. The SMILES string of the molecule is CCC(C)C(CS(=O)Cc1cccc(C)c1)NC. The number of aryl methyl sites for hydroxylation is 1. The van der Waals surface area contributed by atoms with Crippen molar-refractivity contribution in [2.24, 2.45) is 5.92 Å². The zero-order valence-corrected chi connectivity index (χ0v) is 12.7. The van der Waals surface area contributed by atoms with Crippen LogP contribution in [0.4, 0.5) is 0 Å². The lowest BCUT2D eigenvalue weighted by atomic mass is 10.0. The Bertz CT molecular complexity index is 392.